The van der Waals surface area contributed by atoms with Crippen LogP contribution in [0.25, 0.3) is 11.0 Å². The Kier molecular flexibility index (Phi) is 5.01. The molecule has 0 saturated carbocycles. The number of hydrogen-bond acceptors (Lipinski definition) is 5. The number of hydrogen-bond donors (Lipinski definition) is 2. The molecule has 7 heteroatoms. The number of fused-ring (bicyclic) bond motifs is 1. The van der Waals surface area contributed by atoms with E-state index in [0.717, 1.165) is 37.3 Å². The second-order valence-corrected chi connectivity index (χ2v) is 6.15. The van der Waals surface area contributed by atoms with Crippen LogP contribution in [0.1, 0.15) is 38.1 Å². The topological polar surface area (TPSA) is 99.4 Å². The van der Waals surface area contributed by atoms with E-state index < -0.39 is 6.09 Å². The van der Waals surface area contributed by atoms with Crippen LogP contribution in [0.15, 0.2) is 18.2 Å². The molecule has 0 spiro atoms. The third-order valence-corrected chi connectivity index (χ3v) is 4.51. The molecule has 130 valence electrons. The molecule has 24 heavy (non-hydrogen) atoms. The molecular formula is C17H25N5O2. The quantitative estimate of drug-likeness (QED) is 0.843. The fourth-order valence-electron chi connectivity index (χ4n) is 3.62. The summed E-state index contributed by atoms with van der Waals surface area (Å²) in [5, 5.41) is 0. The first kappa shape index (κ1) is 16.7. The van der Waals surface area contributed by atoms with Crippen molar-refractivity contribution < 1.29 is 9.53 Å². The number of imidazole rings is 1. The van der Waals surface area contributed by atoms with E-state index in [4.69, 9.17) is 21.2 Å². The summed E-state index contributed by atoms with van der Waals surface area (Å²) in [4.78, 5) is 18.5. The standard InChI is InChI=1S/C17H25N5O2/c1-2-9-21-10-4-6-13(21)16-20-15-12(22(16)11-8-18)5-3-7-14(15)24-17(19)23/h3,5,7,13H,2,4,6,8-11,18H2,1H3,(H2,19,23). The molecule has 1 aromatic carbocycles. The van der Waals surface area contributed by atoms with Crippen LogP contribution in [-0.4, -0.2) is 40.2 Å². The Balaban J connectivity index is 2.09. The molecule has 3 rings (SSSR count). The Morgan fingerprint density at radius 3 is 2.96 bits per heavy atom. The van der Waals surface area contributed by atoms with Gasteiger partial charge in [0.2, 0.25) is 0 Å². The van der Waals surface area contributed by atoms with Gasteiger partial charge < -0.3 is 20.8 Å². The van der Waals surface area contributed by atoms with Crippen molar-refractivity contribution in [3.05, 3.63) is 24.0 Å². The number of amides is 1. The molecule has 7 nitrogen and oxygen atoms in total. The van der Waals surface area contributed by atoms with Gasteiger partial charge in [-0.3, -0.25) is 4.90 Å². The molecule has 0 bridgehead atoms. The zero-order valence-electron chi connectivity index (χ0n) is 14.1. The van der Waals surface area contributed by atoms with Crippen molar-refractivity contribution >= 4 is 17.1 Å². The Labute approximate surface area is 141 Å². The van der Waals surface area contributed by atoms with E-state index in [1.165, 1.54) is 6.42 Å². The van der Waals surface area contributed by atoms with Crippen LogP contribution in [0.4, 0.5) is 4.79 Å². The monoisotopic (exact) mass is 331 g/mol. The predicted molar refractivity (Wildman–Crippen MR) is 92.8 cm³/mol. The summed E-state index contributed by atoms with van der Waals surface area (Å²) >= 11 is 0. The summed E-state index contributed by atoms with van der Waals surface area (Å²) in [7, 11) is 0. The Morgan fingerprint density at radius 1 is 1.42 bits per heavy atom. The molecule has 1 saturated heterocycles. The van der Waals surface area contributed by atoms with E-state index in [0.29, 0.717) is 24.4 Å². The van der Waals surface area contributed by atoms with Crippen molar-refractivity contribution in [1.82, 2.24) is 14.5 Å². The minimum atomic E-state index is -0.828. The smallest absolute Gasteiger partial charge is 0.408 e. The first-order chi connectivity index (χ1) is 11.7. The molecule has 0 aliphatic carbocycles. The first-order valence-electron chi connectivity index (χ1n) is 8.56. The summed E-state index contributed by atoms with van der Waals surface area (Å²) in [6.45, 7) is 5.55. The SMILES string of the molecule is CCCN1CCCC1c1nc2c(OC(N)=O)cccc2n1CCN. The molecule has 1 amide bonds. The number of carbonyl (C=O) groups is 1. The highest BCUT2D eigenvalue weighted by molar-refractivity contribution is 5.85. The minimum absolute atomic E-state index is 0.283. The van der Waals surface area contributed by atoms with Crippen LogP contribution >= 0.6 is 0 Å². The number of aromatic nitrogens is 2. The first-order valence-corrected chi connectivity index (χ1v) is 8.56. The lowest BCUT2D eigenvalue weighted by molar-refractivity contribution is 0.211. The van der Waals surface area contributed by atoms with Crippen LogP contribution in [0, 0.1) is 0 Å². The van der Waals surface area contributed by atoms with Crippen LogP contribution in [0.3, 0.4) is 0 Å². The summed E-state index contributed by atoms with van der Waals surface area (Å²) in [6.07, 6.45) is 2.54. The van der Waals surface area contributed by atoms with Crippen molar-refractivity contribution in [2.75, 3.05) is 19.6 Å². The van der Waals surface area contributed by atoms with E-state index in [-0.39, 0.29) is 6.04 Å². The molecule has 1 aromatic heterocycles. The lowest BCUT2D eigenvalue weighted by Gasteiger charge is -2.24. The zero-order chi connectivity index (χ0) is 17.1. The van der Waals surface area contributed by atoms with Crippen molar-refractivity contribution in [3.8, 4) is 5.75 Å². The van der Waals surface area contributed by atoms with Gasteiger partial charge in [-0.05, 0) is 44.5 Å². The number of benzene rings is 1. The number of likely N-dealkylation sites (tertiary alicyclic amines) is 1. The van der Waals surface area contributed by atoms with Gasteiger partial charge in [0.1, 0.15) is 11.3 Å². The molecule has 4 N–H and O–H groups in total. The number of nitrogens with two attached hydrogens (primary N) is 2. The van der Waals surface area contributed by atoms with Crippen LogP contribution in [0.2, 0.25) is 0 Å². The summed E-state index contributed by atoms with van der Waals surface area (Å²) < 4.78 is 7.28. The highest BCUT2D eigenvalue weighted by Crippen LogP contribution is 2.35. The van der Waals surface area contributed by atoms with E-state index >= 15 is 0 Å². The summed E-state index contributed by atoms with van der Waals surface area (Å²) in [5.74, 6) is 1.40. The van der Waals surface area contributed by atoms with E-state index in [1.807, 2.05) is 12.1 Å². The van der Waals surface area contributed by atoms with Crippen molar-refractivity contribution in [2.24, 2.45) is 11.5 Å². The van der Waals surface area contributed by atoms with E-state index in [1.54, 1.807) is 6.07 Å². The average molecular weight is 331 g/mol. The maximum absolute atomic E-state index is 11.2. The lowest BCUT2D eigenvalue weighted by atomic mass is 10.2. The van der Waals surface area contributed by atoms with Gasteiger partial charge in [0.15, 0.2) is 5.75 Å². The third-order valence-electron chi connectivity index (χ3n) is 4.51. The summed E-state index contributed by atoms with van der Waals surface area (Å²) in [6, 6.07) is 5.83. The third kappa shape index (κ3) is 3.09. The fraction of sp³-hybridized carbons (Fsp3) is 0.529. The van der Waals surface area contributed by atoms with Gasteiger partial charge in [-0.25, -0.2) is 9.78 Å². The zero-order valence-corrected chi connectivity index (χ0v) is 14.1. The van der Waals surface area contributed by atoms with Crippen molar-refractivity contribution in [1.29, 1.82) is 0 Å². The van der Waals surface area contributed by atoms with Gasteiger partial charge in [-0.1, -0.05) is 13.0 Å². The number of primary amides is 1. The number of ether oxygens (including phenoxy) is 1. The molecular weight excluding hydrogens is 306 g/mol. The molecule has 2 aromatic rings. The van der Waals surface area contributed by atoms with Gasteiger partial charge in [0.05, 0.1) is 11.6 Å². The van der Waals surface area contributed by atoms with Crippen LogP contribution in [0.5, 0.6) is 5.75 Å². The van der Waals surface area contributed by atoms with E-state index in [2.05, 4.69) is 16.4 Å². The molecule has 1 aliphatic rings. The molecule has 0 radical (unpaired) electrons. The number of carbonyl (C=O) groups excluding carboxylic acids is 1. The minimum Gasteiger partial charge on any atom is -0.408 e. The largest absolute Gasteiger partial charge is 0.410 e. The number of para-hydroxylation sites is 1. The number of nitrogens with zero attached hydrogens (tertiary/aromatic N) is 3. The van der Waals surface area contributed by atoms with Crippen molar-refractivity contribution in [2.45, 2.75) is 38.8 Å². The fourth-order valence-corrected chi connectivity index (χ4v) is 3.62. The Bertz CT molecular complexity index is 727. The summed E-state index contributed by atoms with van der Waals surface area (Å²) in [5.41, 5.74) is 12.6. The van der Waals surface area contributed by atoms with Gasteiger partial charge in [-0.2, -0.15) is 0 Å². The second kappa shape index (κ2) is 7.19. The Hall–Kier alpha value is -2.12. The van der Waals surface area contributed by atoms with E-state index in [9.17, 15) is 4.79 Å². The van der Waals surface area contributed by atoms with Crippen LogP contribution < -0.4 is 16.2 Å². The molecule has 1 unspecified atom stereocenters. The lowest BCUT2D eigenvalue weighted by Crippen LogP contribution is -2.27. The highest BCUT2D eigenvalue weighted by Gasteiger charge is 2.30. The Morgan fingerprint density at radius 2 is 2.25 bits per heavy atom. The number of rotatable bonds is 6. The maximum Gasteiger partial charge on any atom is 0.410 e. The highest BCUT2D eigenvalue weighted by atomic mass is 16.5. The van der Waals surface area contributed by atoms with Gasteiger partial charge >= 0.3 is 6.09 Å². The second-order valence-electron chi connectivity index (χ2n) is 6.15. The molecule has 1 atom stereocenters. The van der Waals surface area contributed by atoms with Gasteiger partial charge in [0, 0.05) is 13.1 Å². The van der Waals surface area contributed by atoms with Crippen LogP contribution in [-0.2, 0) is 6.54 Å². The van der Waals surface area contributed by atoms with Gasteiger partial charge in [0.25, 0.3) is 0 Å². The normalized spacial score (nSPS) is 18.3. The molecule has 1 aliphatic heterocycles. The van der Waals surface area contributed by atoms with Crippen molar-refractivity contribution in [3.63, 3.8) is 0 Å². The van der Waals surface area contributed by atoms with Gasteiger partial charge in [-0.15, -0.1) is 0 Å². The molecule has 1 fully saturated rings. The molecule has 2 heterocycles. The average Bonchev–Trinajstić information content (AvgIpc) is 3.13. The maximum atomic E-state index is 11.2. The predicted octanol–water partition coefficient (Wildman–Crippen LogP) is 2.00.